The topological polar surface area (TPSA) is 50.1 Å². The Balaban J connectivity index is 1.36. The molecule has 5 rings (SSSR count). The van der Waals surface area contributed by atoms with Crippen LogP contribution >= 0.6 is 11.6 Å². The summed E-state index contributed by atoms with van der Waals surface area (Å²) >= 11 is 5.93. The lowest BCUT2D eigenvalue weighted by atomic mass is 9.86. The van der Waals surface area contributed by atoms with Gasteiger partial charge in [-0.15, -0.1) is 0 Å². The van der Waals surface area contributed by atoms with E-state index in [1.165, 1.54) is 12.1 Å². The van der Waals surface area contributed by atoms with Crippen molar-refractivity contribution < 1.29 is 13.2 Å². The molecule has 158 valence electrons. The zero-order chi connectivity index (χ0) is 21.1. The Bertz CT molecular complexity index is 1110. The van der Waals surface area contributed by atoms with Crippen LogP contribution in [0.2, 0.25) is 5.02 Å². The van der Waals surface area contributed by atoms with Crippen LogP contribution in [0.5, 0.6) is 0 Å². The van der Waals surface area contributed by atoms with Crippen LogP contribution in [-0.4, -0.2) is 45.7 Å². The van der Waals surface area contributed by atoms with Gasteiger partial charge in [-0.25, -0.2) is 15.0 Å². The molecule has 1 spiro atoms. The lowest BCUT2D eigenvalue weighted by Gasteiger charge is -2.26. The quantitative estimate of drug-likeness (QED) is 0.604. The molecule has 2 saturated heterocycles. The van der Waals surface area contributed by atoms with E-state index in [1.54, 1.807) is 12.7 Å². The van der Waals surface area contributed by atoms with Crippen molar-refractivity contribution in [1.82, 2.24) is 19.5 Å². The summed E-state index contributed by atoms with van der Waals surface area (Å²) in [5, 5.41) is -0.256. The predicted octanol–water partition coefficient (Wildman–Crippen LogP) is 4.14. The summed E-state index contributed by atoms with van der Waals surface area (Å²) in [4.78, 5) is 17.5. The minimum absolute atomic E-state index is 0.0744. The number of aromatic nitrogens is 4. The molecule has 2 aliphatic heterocycles. The third-order valence-electron chi connectivity index (χ3n) is 6.29. The van der Waals surface area contributed by atoms with Gasteiger partial charge in [0.1, 0.15) is 11.8 Å². The number of halogens is 4. The molecule has 0 aliphatic carbocycles. The minimum Gasteiger partial charge on any atom is -0.371 e. The Kier molecular flexibility index (Phi) is 4.36. The zero-order valence-electron chi connectivity index (χ0n) is 16.3. The van der Waals surface area contributed by atoms with Crippen LogP contribution in [0.25, 0.3) is 11.2 Å². The van der Waals surface area contributed by atoms with Gasteiger partial charge in [-0.2, -0.15) is 13.2 Å². The first-order valence-electron chi connectivity index (χ1n) is 9.74. The van der Waals surface area contributed by atoms with E-state index >= 15 is 0 Å². The Labute approximate surface area is 176 Å². The van der Waals surface area contributed by atoms with Crippen molar-refractivity contribution in [3.05, 3.63) is 41.4 Å². The SMILES string of the molecule is Cn1cnc2ncnc(N3CCC4(CCN(c5ccc(C(F)(F)F)c(Cl)c5)C4)C3)c21. The molecule has 10 heteroatoms. The second-order valence-corrected chi connectivity index (χ2v) is 8.64. The van der Waals surface area contributed by atoms with Gasteiger partial charge in [-0.3, -0.25) is 0 Å². The van der Waals surface area contributed by atoms with Crippen molar-refractivity contribution in [2.24, 2.45) is 12.5 Å². The van der Waals surface area contributed by atoms with Crippen LogP contribution in [0.3, 0.4) is 0 Å². The molecule has 3 aromatic rings. The van der Waals surface area contributed by atoms with Crippen molar-refractivity contribution in [3.8, 4) is 0 Å². The van der Waals surface area contributed by atoms with E-state index in [0.717, 1.165) is 62.1 Å². The van der Waals surface area contributed by atoms with Crippen molar-refractivity contribution in [1.29, 1.82) is 0 Å². The summed E-state index contributed by atoms with van der Waals surface area (Å²) in [6, 6.07) is 4.02. The molecule has 0 bridgehead atoms. The molecule has 1 unspecified atom stereocenters. The molecule has 1 atom stereocenters. The van der Waals surface area contributed by atoms with Gasteiger partial charge in [0.25, 0.3) is 0 Å². The van der Waals surface area contributed by atoms with E-state index in [-0.39, 0.29) is 10.4 Å². The average Bonchev–Trinajstić information content (AvgIpc) is 3.41. The summed E-state index contributed by atoms with van der Waals surface area (Å²) in [6.45, 7) is 3.29. The molecule has 2 fully saturated rings. The third kappa shape index (κ3) is 3.15. The van der Waals surface area contributed by atoms with E-state index in [4.69, 9.17) is 11.6 Å². The fraction of sp³-hybridized carbons (Fsp3) is 0.450. The third-order valence-corrected chi connectivity index (χ3v) is 6.60. The highest BCUT2D eigenvalue weighted by Gasteiger charge is 2.44. The van der Waals surface area contributed by atoms with Crippen molar-refractivity contribution in [3.63, 3.8) is 0 Å². The van der Waals surface area contributed by atoms with E-state index in [9.17, 15) is 13.2 Å². The number of rotatable bonds is 2. The Morgan fingerprint density at radius 3 is 2.50 bits per heavy atom. The Hall–Kier alpha value is -2.55. The largest absolute Gasteiger partial charge is 0.417 e. The molecule has 6 nitrogen and oxygen atoms in total. The van der Waals surface area contributed by atoms with Gasteiger partial charge in [0.15, 0.2) is 11.5 Å². The lowest BCUT2D eigenvalue weighted by molar-refractivity contribution is -0.137. The standard InChI is InChI=1S/C20H20ClF3N6/c1-28-12-27-17-16(28)18(26-11-25-17)30-7-5-19(10-30)4-6-29(9-19)13-2-3-14(15(21)8-13)20(22,23)24/h2-3,8,11-12H,4-7,9-10H2,1H3. The van der Waals surface area contributed by atoms with Crippen LogP contribution in [0.15, 0.2) is 30.9 Å². The molecule has 0 N–H and O–H groups in total. The molecule has 0 saturated carbocycles. The number of hydrogen-bond acceptors (Lipinski definition) is 5. The van der Waals surface area contributed by atoms with E-state index in [1.807, 2.05) is 11.6 Å². The molecule has 2 aromatic heterocycles. The van der Waals surface area contributed by atoms with Gasteiger partial charge in [-0.05, 0) is 31.0 Å². The van der Waals surface area contributed by atoms with Crippen molar-refractivity contribution in [2.75, 3.05) is 36.0 Å². The maximum absolute atomic E-state index is 13.0. The van der Waals surface area contributed by atoms with Crippen molar-refractivity contribution in [2.45, 2.75) is 19.0 Å². The molecule has 2 aliphatic rings. The summed E-state index contributed by atoms with van der Waals surface area (Å²) in [6.07, 6.45) is 0.812. The average molecular weight is 437 g/mol. The van der Waals surface area contributed by atoms with Gasteiger partial charge >= 0.3 is 6.18 Å². The van der Waals surface area contributed by atoms with Crippen LogP contribution in [-0.2, 0) is 13.2 Å². The highest BCUT2D eigenvalue weighted by molar-refractivity contribution is 6.31. The first-order valence-corrected chi connectivity index (χ1v) is 10.1. The highest BCUT2D eigenvalue weighted by atomic mass is 35.5. The minimum atomic E-state index is -4.44. The summed E-state index contributed by atoms with van der Waals surface area (Å²) in [5.74, 6) is 0.882. The summed E-state index contributed by atoms with van der Waals surface area (Å²) in [7, 11) is 1.93. The number of alkyl halides is 3. The van der Waals surface area contributed by atoms with Crippen LogP contribution in [0, 0.1) is 5.41 Å². The van der Waals surface area contributed by atoms with Crippen LogP contribution in [0.4, 0.5) is 24.7 Å². The lowest BCUT2D eigenvalue weighted by Crippen LogP contribution is -2.31. The van der Waals surface area contributed by atoms with Gasteiger partial charge in [0, 0.05) is 44.3 Å². The first-order chi connectivity index (χ1) is 14.3. The number of nitrogens with zero attached hydrogens (tertiary/aromatic N) is 6. The van der Waals surface area contributed by atoms with E-state index in [2.05, 4.69) is 24.8 Å². The van der Waals surface area contributed by atoms with Gasteiger partial charge in [0.2, 0.25) is 0 Å². The van der Waals surface area contributed by atoms with Crippen LogP contribution in [0.1, 0.15) is 18.4 Å². The highest BCUT2D eigenvalue weighted by Crippen LogP contribution is 2.44. The molecular weight excluding hydrogens is 417 g/mol. The van der Waals surface area contributed by atoms with E-state index in [0.29, 0.717) is 5.65 Å². The van der Waals surface area contributed by atoms with Gasteiger partial charge in [-0.1, -0.05) is 11.6 Å². The number of aryl methyl sites for hydroxylation is 1. The second-order valence-electron chi connectivity index (χ2n) is 8.23. The number of benzene rings is 1. The normalized spacial score (nSPS) is 22.0. The predicted molar refractivity (Wildman–Crippen MR) is 109 cm³/mol. The second kappa shape index (κ2) is 6.73. The Morgan fingerprint density at radius 1 is 1.03 bits per heavy atom. The maximum Gasteiger partial charge on any atom is 0.417 e. The summed E-state index contributed by atoms with van der Waals surface area (Å²) < 4.78 is 40.9. The number of fused-ring (bicyclic) bond motifs is 1. The fourth-order valence-corrected chi connectivity index (χ4v) is 5.02. The first kappa shape index (κ1) is 19.4. The molecule has 0 radical (unpaired) electrons. The van der Waals surface area contributed by atoms with Crippen molar-refractivity contribution >= 4 is 34.3 Å². The van der Waals surface area contributed by atoms with Gasteiger partial charge < -0.3 is 14.4 Å². The molecular formula is C20H20ClF3N6. The fourth-order valence-electron chi connectivity index (χ4n) is 4.74. The summed E-state index contributed by atoms with van der Waals surface area (Å²) in [5.41, 5.74) is 1.61. The molecule has 0 amide bonds. The number of hydrogen-bond donors (Lipinski definition) is 0. The zero-order valence-corrected chi connectivity index (χ0v) is 17.1. The van der Waals surface area contributed by atoms with E-state index < -0.39 is 11.7 Å². The number of imidazole rings is 1. The number of anilines is 2. The molecule has 1 aromatic carbocycles. The molecule has 4 heterocycles. The van der Waals surface area contributed by atoms with Crippen LogP contribution < -0.4 is 9.80 Å². The smallest absolute Gasteiger partial charge is 0.371 e. The Morgan fingerprint density at radius 2 is 1.77 bits per heavy atom. The monoisotopic (exact) mass is 436 g/mol. The van der Waals surface area contributed by atoms with Gasteiger partial charge in [0.05, 0.1) is 16.9 Å². The maximum atomic E-state index is 13.0. The molecule has 30 heavy (non-hydrogen) atoms.